The monoisotopic (exact) mass is 493 g/mol. The summed E-state index contributed by atoms with van der Waals surface area (Å²) in [4.78, 5) is 12.9. The van der Waals surface area contributed by atoms with Crippen LogP contribution in [0.2, 0.25) is 5.02 Å². The van der Waals surface area contributed by atoms with Gasteiger partial charge in [0, 0.05) is 37.2 Å². The van der Waals surface area contributed by atoms with Crippen LogP contribution >= 0.6 is 11.6 Å². The summed E-state index contributed by atoms with van der Waals surface area (Å²) < 4.78 is 36.7. The largest absolute Gasteiger partial charge is 0.488 e. The van der Waals surface area contributed by atoms with Crippen molar-refractivity contribution in [2.24, 2.45) is 7.05 Å². The molecule has 0 spiro atoms. The fraction of sp³-hybridized carbons (Fsp3) is 0.273. The van der Waals surface area contributed by atoms with Crippen LogP contribution in [0, 0.1) is 0 Å². The number of amides is 1. The number of aliphatic hydroxyl groups is 1. The Morgan fingerprint density at radius 3 is 2.52 bits per heavy atom. The molecular formula is C22H24ClN3O6S. The topological polar surface area (TPSA) is 120 Å². The lowest BCUT2D eigenvalue weighted by Crippen LogP contribution is -2.20. The van der Waals surface area contributed by atoms with E-state index in [9.17, 15) is 18.3 Å². The van der Waals surface area contributed by atoms with Crippen LogP contribution in [0.3, 0.4) is 0 Å². The summed E-state index contributed by atoms with van der Waals surface area (Å²) in [6, 6.07) is 10.3. The summed E-state index contributed by atoms with van der Waals surface area (Å²) in [5, 5.41) is 16.4. The lowest BCUT2D eigenvalue weighted by atomic mass is 10.1. The highest BCUT2D eigenvalue weighted by Crippen LogP contribution is 2.34. The van der Waals surface area contributed by atoms with Gasteiger partial charge in [0.25, 0.3) is 5.91 Å². The zero-order valence-electron chi connectivity index (χ0n) is 18.3. The number of carbonyl (C=O) groups is 1. The minimum atomic E-state index is -3.43. The predicted octanol–water partition coefficient (Wildman–Crippen LogP) is 3.67. The van der Waals surface area contributed by atoms with E-state index in [1.54, 1.807) is 30.1 Å². The van der Waals surface area contributed by atoms with Gasteiger partial charge in [0.2, 0.25) is 0 Å². The molecule has 2 N–H and O–H groups in total. The van der Waals surface area contributed by atoms with E-state index in [-0.39, 0.29) is 33.6 Å². The lowest BCUT2D eigenvalue weighted by molar-refractivity contribution is 0.102. The summed E-state index contributed by atoms with van der Waals surface area (Å²) in [5.74, 6) is 0.674. The van der Waals surface area contributed by atoms with Gasteiger partial charge in [-0.25, -0.2) is 8.42 Å². The Bertz CT molecular complexity index is 1250. The highest BCUT2D eigenvalue weighted by Gasteiger charge is 2.16. The Balaban J connectivity index is 1.94. The maximum Gasteiger partial charge on any atom is 0.257 e. The van der Waals surface area contributed by atoms with E-state index in [1.807, 2.05) is 6.92 Å². The number of aromatic nitrogens is 2. The van der Waals surface area contributed by atoms with Gasteiger partial charge in [-0.1, -0.05) is 18.5 Å². The first-order valence-corrected chi connectivity index (χ1v) is 12.3. The van der Waals surface area contributed by atoms with E-state index < -0.39 is 21.8 Å². The number of nitrogens with one attached hydrogen (secondary N) is 1. The molecule has 0 saturated heterocycles. The molecule has 9 nitrogen and oxygen atoms in total. The third-order valence-corrected chi connectivity index (χ3v) is 6.02. The predicted molar refractivity (Wildman–Crippen MR) is 124 cm³/mol. The highest BCUT2D eigenvalue weighted by atomic mass is 35.5. The van der Waals surface area contributed by atoms with E-state index >= 15 is 0 Å². The van der Waals surface area contributed by atoms with E-state index in [0.29, 0.717) is 18.0 Å². The molecule has 3 aromatic rings. The van der Waals surface area contributed by atoms with Gasteiger partial charge in [-0.05, 0) is 36.8 Å². The first-order valence-electron chi connectivity index (χ1n) is 10.00. The molecule has 2 aromatic carbocycles. The Morgan fingerprint density at radius 2 is 1.94 bits per heavy atom. The maximum atomic E-state index is 12.8. The summed E-state index contributed by atoms with van der Waals surface area (Å²) in [6.07, 6.45) is 2.86. The number of nitrogens with zero attached hydrogens (tertiary/aromatic N) is 2. The van der Waals surface area contributed by atoms with Gasteiger partial charge in [-0.2, -0.15) is 5.10 Å². The van der Waals surface area contributed by atoms with Crippen LogP contribution < -0.4 is 14.8 Å². The molecule has 1 atom stereocenters. The summed E-state index contributed by atoms with van der Waals surface area (Å²) in [7, 11) is -1.70. The number of hydrogen-bond donors (Lipinski definition) is 2. The minimum Gasteiger partial charge on any atom is -0.488 e. The smallest absolute Gasteiger partial charge is 0.257 e. The van der Waals surface area contributed by atoms with Gasteiger partial charge in [-0.15, -0.1) is 0 Å². The van der Waals surface area contributed by atoms with E-state index in [2.05, 4.69) is 10.4 Å². The second-order valence-corrected chi connectivity index (χ2v) is 9.74. The van der Waals surface area contributed by atoms with E-state index in [4.69, 9.17) is 21.1 Å². The highest BCUT2D eigenvalue weighted by molar-refractivity contribution is 7.90. The summed E-state index contributed by atoms with van der Waals surface area (Å²) in [5.41, 5.74) is 0.227. The van der Waals surface area contributed by atoms with Crippen LogP contribution in [0.1, 0.15) is 23.7 Å². The minimum absolute atomic E-state index is 0.0566. The number of aliphatic hydroxyl groups excluding tert-OH is 1. The Labute approximate surface area is 196 Å². The molecule has 0 saturated carbocycles. The number of benzene rings is 2. The van der Waals surface area contributed by atoms with Gasteiger partial charge in [0.1, 0.15) is 23.4 Å². The molecule has 33 heavy (non-hydrogen) atoms. The van der Waals surface area contributed by atoms with Crippen molar-refractivity contribution in [2.75, 3.05) is 18.2 Å². The fourth-order valence-corrected chi connectivity index (χ4v) is 3.80. The van der Waals surface area contributed by atoms with Crippen molar-refractivity contribution < 1.29 is 27.8 Å². The number of halogens is 1. The lowest BCUT2D eigenvalue weighted by Gasteiger charge is -2.17. The molecule has 176 valence electrons. The molecule has 1 aromatic heterocycles. The first kappa shape index (κ1) is 24.6. The third kappa shape index (κ3) is 6.47. The molecule has 0 bridgehead atoms. The molecule has 0 radical (unpaired) electrons. The quantitative estimate of drug-likeness (QED) is 0.466. The molecule has 0 aliphatic carbocycles. The molecule has 1 amide bonds. The second-order valence-electron chi connectivity index (χ2n) is 7.32. The first-order chi connectivity index (χ1) is 15.6. The number of sulfone groups is 1. The Hall–Kier alpha value is -3.08. The van der Waals surface area contributed by atoms with Crippen LogP contribution in [0.4, 0.5) is 5.82 Å². The zero-order valence-corrected chi connectivity index (χ0v) is 19.9. The molecule has 0 aliphatic heterocycles. The normalized spacial score (nSPS) is 12.3. The molecule has 1 heterocycles. The number of aryl methyl sites for hydroxylation is 1. The van der Waals surface area contributed by atoms with Crippen molar-refractivity contribution >= 4 is 33.2 Å². The zero-order chi connectivity index (χ0) is 24.2. The van der Waals surface area contributed by atoms with Crippen LogP contribution in [0.5, 0.6) is 17.2 Å². The number of hydrogen-bond acceptors (Lipinski definition) is 7. The average molecular weight is 494 g/mol. The van der Waals surface area contributed by atoms with Crippen LogP contribution in [-0.2, 0) is 16.9 Å². The van der Waals surface area contributed by atoms with Gasteiger partial charge in [0.05, 0.1) is 16.5 Å². The van der Waals surface area contributed by atoms with Gasteiger partial charge in [0.15, 0.2) is 15.7 Å². The number of ether oxygens (including phenoxy) is 2. The SMILES string of the molecule is CCC(CO)Oc1cc(Oc2ccc(S(C)(=O)=O)cc2Cl)cc(C(=O)Nc2ccn(C)n2)c1. The van der Waals surface area contributed by atoms with Gasteiger partial charge < -0.3 is 19.9 Å². The van der Waals surface area contributed by atoms with E-state index in [1.165, 1.54) is 30.3 Å². The van der Waals surface area contributed by atoms with Crippen LogP contribution in [-0.4, -0.2) is 48.2 Å². The molecular weight excluding hydrogens is 470 g/mol. The Morgan fingerprint density at radius 1 is 1.21 bits per heavy atom. The van der Waals surface area contributed by atoms with Crippen molar-refractivity contribution in [1.29, 1.82) is 0 Å². The van der Waals surface area contributed by atoms with Crippen molar-refractivity contribution in [3.63, 3.8) is 0 Å². The summed E-state index contributed by atoms with van der Waals surface area (Å²) >= 11 is 6.22. The molecule has 11 heteroatoms. The number of carbonyl (C=O) groups excluding carboxylic acids is 1. The second kappa shape index (κ2) is 10.2. The van der Waals surface area contributed by atoms with Crippen molar-refractivity contribution in [2.45, 2.75) is 24.3 Å². The standard InChI is InChI=1S/C22H24ClN3O6S/c1-4-15(13-27)31-16-9-14(22(28)24-21-7-8-26(2)25-21)10-17(11-16)32-20-6-5-18(12-19(20)23)33(3,29)30/h5-12,15,27H,4,13H2,1-3H3,(H,24,25,28). The number of anilines is 1. The summed E-state index contributed by atoms with van der Waals surface area (Å²) in [6.45, 7) is 1.66. The number of rotatable bonds is 9. The molecule has 0 fully saturated rings. The van der Waals surface area contributed by atoms with Gasteiger partial charge >= 0.3 is 0 Å². The average Bonchev–Trinajstić information content (AvgIpc) is 3.17. The van der Waals surface area contributed by atoms with E-state index in [0.717, 1.165) is 6.26 Å². The molecule has 0 aliphatic rings. The Kier molecular flexibility index (Phi) is 7.62. The fourth-order valence-electron chi connectivity index (χ4n) is 2.86. The molecule has 1 unspecified atom stereocenters. The van der Waals surface area contributed by atoms with Crippen LogP contribution in [0.15, 0.2) is 53.6 Å². The van der Waals surface area contributed by atoms with Crippen molar-refractivity contribution in [1.82, 2.24) is 9.78 Å². The maximum absolute atomic E-state index is 12.8. The van der Waals surface area contributed by atoms with Gasteiger partial charge in [-0.3, -0.25) is 9.48 Å². The van der Waals surface area contributed by atoms with Crippen molar-refractivity contribution in [3.05, 3.63) is 59.2 Å². The van der Waals surface area contributed by atoms with Crippen LogP contribution in [0.25, 0.3) is 0 Å². The molecule has 3 rings (SSSR count). The van der Waals surface area contributed by atoms with Crippen molar-refractivity contribution in [3.8, 4) is 17.2 Å². The third-order valence-electron chi connectivity index (χ3n) is 4.62.